The highest BCUT2D eigenvalue weighted by molar-refractivity contribution is 5.86. The van der Waals surface area contributed by atoms with Gasteiger partial charge in [-0.15, -0.1) is 12.4 Å². The summed E-state index contributed by atoms with van der Waals surface area (Å²) < 4.78 is 0. The SMILES string of the molecule is CN(C)[C@H](CN)Cc1cccc2ccccc12.Cl. The van der Waals surface area contributed by atoms with Gasteiger partial charge in [-0.05, 0) is 36.9 Å². The quantitative estimate of drug-likeness (QED) is 0.920. The van der Waals surface area contributed by atoms with Gasteiger partial charge < -0.3 is 10.6 Å². The van der Waals surface area contributed by atoms with E-state index < -0.39 is 0 Å². The summed E-state index contributed by atoms with van der Waals surface area (Å²) in [6.07, 6.45) is 1.00. The molecule has 2 nitrogen and oxygen atoms in total. The Kier molecular flexibility index (Phi) is 5.60. The summed E-state index contributed by atoms with van der Waals surface area (Å²) in [4.78, 5) is 2.20. The van der Waals surface area contributed by atoms with E-state index in [-0.39, 0.29) is 12.4 Å². The van der Waals surface area contributed by atoms with E-state index in [0.717, 1.165) is 6.42 Å². The third-order valence-electron chi connectivity index (χ3n) is 3.34. The highest BCUT2D eigenvalue weighted by Gasteiger charge is 2.11. The molecule has 0 unspecified atom stereocenters. The van der Waals surface area contributed by atoms with Gasteiger partial charge in [-0.2, -0.15) is 0 Å². The van der Waals surface area contributed by atoms with Gasteiger partial charge >= 0.3 is 0 Å². The molecule has 0 saturated heterocycles. The Labute approximate surface area is 115 Å². The predicted octanol–water partition coefficient (Wildman–Crippen LogP) is 2.69. The fourth-order valence-electron chi connectivity index (χ4n) is 2.20. The number of likely N-dealkylation sites (N-methyl/N-ethyl adjacent to an activating group) is 1. The number of nitrogens with two attached hydrogens (primary N) is 1. The van der Waals surface area contributed by atoms with Gasteiger partial charge in [0, 0.05) is 12.6 Å². The van der Waals surface area contributed by atoms with Crippen LogP contribution in [0, 0.1) is 0 Å². The molecule has 2 aromatic rings. The fraction of sp³-hybridized carbons (Fsp3) is 0.333. The Morgan fingerprint density at radius 3 is 2.39 bits per heavy atom. The summed E-state index contributed by atoms with van der Waals surface area (Å²) in [5, 5.41) is 2.65. The molecule has 0 fully saturated rings. The molecule has 0 heterocycles. The average Bonchev–Trinajstić information content (AvgIpc) is 2.35. The lowest BCUT2D eigenvalue weighted by molar-refractivity contribution is 0.298. The summed E-state index contributed by atoms with van der Waals surface area (Å²) in [6, 6.07) is 15.4. The Morgan fingerprint density at radius 2 is 1.72 bits per heavy atom. The van der Waals surface area contributed by atoms with E-state index in [0.29, 0.717) is 12.6 Å². The molecule has 98 valence electrons. The topological polar surface area (TPSA) is 29.3 Å². The monoisotopic (exact) mass is 264 g/mol. The van der Waals surface area contributed by atoms with Crippen molar-refractivity contribution in [3.8, 4) is 0 Å². The fourth-order valence-corrected chi connectivity index (χ4v) is 2.20. The second-order valence-electron chi connectivity index (χ2n) is 4.70. The molecule has 18 heavy (non-hydrogen) atoms. The van der Waals surface area contributed by atoms with Crippen molar-refractivity contribution in [1.29, 1.82) is 0 Å². The number of halogens is 1. The lowest BCUT2D eigenvalue weighted by Gasteiger charge is -2.23. The third kappa shape index (κ3) is 3.22. The molecule has 0 aromatic heterocycles. The van der Waals surface area contributed by atoms with Crippen LogP contribution in [0.2, 0.25) is 0 Å². The van der Waals surface area contributed by atoms with E-state index in [1.807, 2.05) is 0 Å². The highest BCUT2D eigenvalue weighted by atomic mass is 35.5. The normalized spacial score (nSPS) is 12.4. The van der Waals surface area contributed by atoms with Crippen LogP contribution in [0.25, 0.3) is 10.8 Å². The number of nitrogens with zero attached hydrogens (tertiary/aromatic N) is 1. The van der Waals surface area contributed by atoms with Gasteiger partial charge in [0.15, 0.2) is 0 Å². The number of hydrogen-bond donors (Lipinski definition) is 1. The van der Waals surface area contributed by atoms with Gasteiger partial charge in [-0.3, -0.25) is 0 Å². The van der Waals surface area contributed by atoms with Gasteiger partial charge in [-0.1, -0.05) is 42.5 Å². The minimum absolute atomic E-state index is 0. The van der Waals surface area contributed by atoms with Gasteiger partial charge in [-0.25, -0.2) is 0 Å². The summed E-state index contributed by atoms with van der Waals surface area (Å²) in [6.45, 7) is 0.691. The molecule has 0 aliphatic carbocycles. The van der Waals surface area contributed by atoms with E-state index in [1.54, 1.807) is 0 Å². The minimum Gasteiger partial charge on any atom is -0.329 e. The molecule has 0 aliphatic rings. The van der Waals surface area contributed by atoms with Crippen molar-refractivity contribution in [3.05, 3.63) is 48.0 Å². The second kappa shape index (κ2) is 6.74. The number of fused-ring (bicyclic) bond motifs is 1. The van der Waals surface area contributed by atoms with Crippen LogP contribution in [0.3, 0.4) is 0 Å². The largest absolute Gasteiger partial charge is 0.329 e. The molecular weight excluding hydrogens is 244 g/mol. The zero-order chi connectivity index (χ0) is 12.3. The lowest BCUT2D eigenvalue weighted by Crippen LogP contribution is -2.36. The molecule has 2 rings (SSSR count). The van der Waals surface area contributed by atoms with E-state index in [9.17, 15) is 0 Å². The van der Waals surface area contributed by atoms with Crippen LogP contribution in [-0.4, -0.2) is 31.6 Å². The molecule has 2 aromatic carbocycles. The van der Waals surface area contributed by atoms with Gasteiger partial charge in [0.05, 0.1) is 0 Å². The van der Waals surface area contributed by atoms with Crippen LogP contribution in [-0.2, 0) is 6.42 Å². The molecular formula is C15H21ClN2. The van der Waals surface area contributed by atoms with E-state index in [1.165, 1.54) is 16.3 Å². The highest BCUT2D eigenvalue weighted by Crippen LogP contribution is 2.20. The minimum atomic E-state index is 0. The molecule has 2 N–H and O–H groups in total. The average molecular weight is 265 g/mol. The van der Waals surface area contributed by atoms with Crippen LogP contribution in [0.5, 0.6) is 0 Å². The van der Waals surface area contributed by atoms with Crippen LogP contribution >= 0.6 is 12.4 Å². The van der Waals surface area contributed by atoms with Crippen LogP contribution in [0.15, 0.2) is 42.5 Å². The van der Waals surface area contributed by atoms with Gasteiger partial charge in [0.1, 0.15) is 0 Å². The van der Waals surface area contributed by atoms with Crippen molar-refractivity contribution in [1.82, 2.24) is 4.90 Å². The maximum atomic E-state index is 5.82. The number of rotatable bonds is 4. The first-order valence-corrected chi connectivity index (χ1v) is 6.05. The van der Waals surface area contributed by atoms with E-state index in [2.05, 4.69) is 61.5 Å². The Balaban J connectivity index is 0.00000162. The Morgan fingerprint density at radius 1 is 1.06 bits per heavy atom. The predicted molar refractivity (Wildman–Crippen MR) is 81.4 cm³/mol. The van der Waals surface area contributed by atoms with Crippen molar-refractivity contribution in [2.45, 2.75) is 12.5 Å². The maximum Gasteiger partial charge on any atom is 0.0252 e. The standard InChI is InChI=1S/C15H20N2.ClH/c1-17(2)14(11-16)10-13-8-5-7-12-6-3-4-9-15(12)13;/h3-9,14H,10-11,16H2,1-2H3;1H/t14-;/m0./s1. The summed E-state index contributed by atoms with van der Waals surface area (Å²) in [5.74, 6) is 0. The van der Waals surface area contributed by atoms with Crippen molar-refractivity contribution >= 4 is 23.2 Å². The first-order valence-electron chi connectivity index (χ1n) is 6.05. The summed E-state index contributed by atoms with van der Waals surface area (Å²) in [7, 11) is 4.17. The zero-order valence-electron chi connectivity index (χ0n) is 11.0. The molecule has 0 spiro atoms. The molecule has 0 radical (unpaired) electrons. The molecule has 3 heteroatoms. The zero-order valence-corrected chi connectivity index (χ0v) is 11.8. The van der Waals surface area contributed by atoms with E-state index in [4.69, 9.17) is 5.73 Å². The number of benzene rings is 2. The van der Waals surface area contributed by atoms with Crippen LogP contribution in [0.1, 0.15) is 5.56 Å². The first kappa shape index (κ1) is 15.0. The molecule has 1 atom stereocenters. The van der Waals surface area contributed by atoms with Crippen molar-refractivity contribution < 1.29 is 0 Å². The van der Waals surface area contributed by atoms with Crippen LogP contribution in [0.4, 0.5) is 0 Å². The molecule has 0 saturated carbocycles. The third-order valence-corrected chi connectivity index (χ3v) is 3.34. The molecule has 0 amide bonds. The Hall–Kier alpha value is -1.09. The van der Waals surface area contributed by atoms with Crippen molar-refractivity contribution in [3.63, 3.8) is 0 Å². The lowest BCUT2D eigenvalue weighted by atomic mass is 9.98. The Bertz CT molecular complexity index is 491. The van der Waals surface area contributed by atoms with Crippen LogP contribution < -0.4 is 5.73 Å². The first-order chi connectivity index (χ1) is 8.22. The van der Waals surface area contributed by atoms with Gasteiger partial charge in [0.2, 0.25) is 0 Å². The molecule has 0 bridgehead atoms. The van der Waals surface area contributed by atoms with Crippen molar-refractivity contribution in [2.75, 3.05) is 20.6 Å². The maximum absolute atomic E-state index is 5.82. The smallest absolute Gasteiger partial charge is 0.0252 e. The second-order valence-corrected chi connectivity index (χ2v) is 4.70. The summed E-state index contributed by atoms with van der Waals surface area (Å²) in [5.41, 5.74) is 7.21. The molecule has 0 aliphatic heterocycles. The summed E-state index contributed by atoms with van der Waals surface area (Å²) >= 11 is 0. The number of hydrogen-bond acceptors (Lipinski definition) is 2. The van der Waals surface area contributed by atoms with E-state index >= 15 is 0 Å². The van der Waals surface area contributed by atoms with Gasteiger partial charge in [0.25, 0.3) is 0 Å². The van der Waals surface area contributed by atoms with Crippen molar-refractivity contribution in [2.24, 2.45) is 5.73 Å².